The van der Waals surface area contributed by atoms with Crippen LogP contribution in [0.1, 0.15) is 69.8 Å². The third-order valence-corrected chi connectivity index (χ3v) is 6.10. The van der Waals surface area contributed by atoms with Crippen LogP contribution in [0.2, 0.25) is 0 Å². The van der Waals surface area contributed by atoms with Gasteiger partial charge in [-0.2, -0.15) is 0 Å². The summed E-state index contributed by atoms with van der Waals surface area (Å²) in [5, 5.41) is 9.98. The Morgan fingerprint density at radius 1 is 1.00 bits per heavy atom. The van der Waals surface area contributed by atoms with Crippen molar-refractivity contribution in [1.82, 2.24) is 4.90 Å². The Balaban J connectivity index is 0.00000243. The normalized spacial score (nSPS) is 22.2. The summed E-state index contributed by atoms with van der Waals surface area (Å²) in [5.41, 5.74) is 4.34. The minimum absolute atomic E-state index is 0. The molecule has 146 valence electrons. The largest absolute Gasteiger partial charge is 0.508 e. The van der Waals surface area contributed by atoms with Gasteiger partial charge in [-0.3, -0.25) is 0 Å². The Morgan fingerprint density at radius 3 is 2.42 bits per heavy atom. The molecule has 0 bridgehead atoms. The molecule has 3 rings (SSSR count). The number of hydrogen-bond donors (Lipinski definition) is 1. The highest BCUT2D eigenvalue weighted by Crippen LogP contribution is 2.40. The fourth-order valence-electron chi connectivity index (χ4n) is 4.96. The highest BCUT2D eigenvalue weighted by Gasteiger charge is 2.24. The van der Waals surface area contributed by atoms with Crippen molar-refractivity contribution in [1.29, 1.82) is 0 Å². The third-order valence-electron chi connectivity index (χ3n) is 6.10. The molecule has 1 atom stereocenters. The summed E-state index contributed by atoms with van der Waals surface area (Å²) in [6.45, 7) is 1.04. The van der Waals surface area contributed by atoms with Crippen molar-refractivity contribution >= 4 is 18.0 Å². The molecule has 1 aromatic carbocycles. The van der Waals surface area contributed by atoms with E-state index in [1.54, 1.807) is 11.6 Å². The lowest BCUT2D eigenvalue weighted by Gasteiger charge is -2.27. The average molecular weight is 378 g/mol. The molecule has 2 nitrogen and oxygen atoms in total. The molecule has 1 fully saturated rings. The Hall–Kier alpha value is -0.990. The van der Waals surface area contributed by atoms with Gasteiger partial charge >= 0.3 is 0 Å². The van der Waals surface area contributed by atoms with Crippen molar-refractivity contribution in [2.75, 3.05) is 20.6 Å². The number of benzene rings is 1. The maximum absolute atomic E-state index is 9.98. The second-order valence-corrected chi connectivity index (χ2v) is 8.57. The van der Waals surface area contributed by atoms with E-state index in [2.05, 4.69) is 25.1 Å². The molecule has 2 aliphatic rings. The number of rotatable bonds is 5. The van der Waals surface area contributed by atoms with Crippen LogP contribution in [0.5, 0.6) is 5.75 Å². The van der Waals surface area contributed by atoms with E-state index in [0.29, 0.717) is 5.75 Å². The second kappa shape index (κ2) is 10.4. The first-order valence-electron chi connectivity index (χ1n) is 10.3. The molecule has 0 aliphatic heterocycles. The zero-order chi connectivity index (χ0) is 17.6. The van der Waals surface area contributed by atoms with Gasteiger partial charge in [-0.05, 0) is 81.3 Å². The molecule has 1 N–H and O–H groups in total. The highest BCUT2D eigenvalue weighted by atomic mass is 35.5. The molecule has 0 amide bonds. The first-order chi connectivity index (χ1) is 12.1. The highest BCUT2D eigenvalue weighted by molar-refractivity contribution is 5.85. The standard InChI is InChI=1S/C23H35NO.ClH/c1-24(2)17-21-12-6-10-19(14-18-8-4-3-5-9-18)15-23(21)20-11-7-13-22(25)16-20;/h7,11,13,16,18-19,25H,3-6,8-10,12,14-15,17H2,1-2H3;1H. The molecule has 0 saturated heterocycles. The van der Waals surface area contributed by atoms with E-state index < -0.39 is 0 Å². The number of nitrogens with zero attached hydrogens (tertiary/aromatic N) is 1. The van der Waals surface area contributed by atoms with Gasteiger partial charge in [-0.15, -0.1) is 12.4 Å². The van der Waals surface area contributed by atoms with E-state index in [0.717, 1.165) is 18.4 Å². The number of halogens is 1. The molecule has 0 radical (unpaired) electrons. The fraction of sp³-hybridized carbons (Fsp3) is 0.652. The lowest BCUT2D eigenvalue weighted by molar-refractivity contribution is 0.280. The van der Waals surface area contributed by atoms with Crippen molar-refractivity contribution in [2.45, 2.75) is 64.2 Å². The molecule has 0 aromatic heterocycles. The lowest BCUT2D eigenvalue weighted by Crippen LogP contribution is -2.16. The van der Waals surface area contributed by atoms with Crippen molar-refractivity contribution in [3.63, 3.8) is 0 Å². The topological polar surface area (TPSA) is 23.5 Å². The first kappa shape index (κ1) is 21.3. The third kappa shape index (κ3) is 6.03. The van der Waals surface area contributed by atoms with E-state index in [-0.39, 0.29) is 12.4 Å². The molecule has 1 aromatic rings. The van der Waals surface area contributed by atoms with Crippen molar-refractivity contribution in [3.05, 3.63) is 35.4 Å². The van der Waals surface area contributed by atoms with Gasteiger partial charge in [0.15, 0.2) is 0 Å². The molecule has 0 spiro atoms. The summed E-state index contributed by atoms with van der Waals surface area (Å²) in [7, 11) is 4.33. The van der Waals surface area contributed by atoms with Gasteiger partial charge < -0.3 is 10.0 Å². The zero-order valence-corrected chi connectivity index (χ0v) is 17.4. The van der Waals surface area contributed by atoms with Gasteiger partial charge in [0.1, 0.15) is 5.75 Å². The van der Waals surface area contributed by atoms with Gasteiger partial charge in [0.05, 0.1) is 0 Å². The molecule has 26 heavy (non-hydrogen) atoms. The molecular weight excluding hydrogens is 342 g/mol. The maximum Gasteiger partial charge on any atom is 0.116 e. The van der Waals surface area contributed by atoms with Crippen LogP contribution in [0, 0.1) is 11.8 Å². The summed E-state index contributed by atoms with van der Waals surface area (Å²) in [6.07, 6.45) is 13.8. The molecule has 0 heterocycles. The second-order valence-electron chi connectivity index (χ2n) is 8.57. The number of phenols is 1. The van der Waals surface area contributed by atoms with Gasteiger partial charge in [0.2, 0.25) is 0 Å². The molecular formula is C23H36ClNO. The van der Waals surface area contributed by atoms with E-state index in [1.807, 2.05) is 12.1 Å². The van der Waals surface area contributed by atoms with Crippen LogP contribution in [-0.4, -0.2) is 30.6 Å². The van der Waals surface area contributed by atoms with Crippen molar-refractivity contribution in [3.8, 4) is 5.75 Å². The SMILES string of the molecule is CN(C)CC1=C(c2cccc(O)c2)CC(CC2CCCCC2)CCC1.Cl. The summed E-state index contributed by atoms with van der Waals surface area (Å²) >= 11 is 0. The Morgan fingerprint density at radius 2 is 1.73 bits per heavy atom. The van der Waals surface area contributed by atoms with E-state index >= 15 is 0 Å². The van der Waals surface area contributed by atoms with Crippen LogP contribution in [0.4, 0.5) is 0 Å². The summed E-state index contributed by atoms with van der Waals surface area (Å²) < 4.78 is 0. The van der Waals surface area contributed by atoms with Crippen LogP contribution in [-0.2, 0) is 0 Å². The maximum atomic E-state index is 9.98. The molecule has 3 heteroatoms. The number of phenolic OH excluding ortho intramolecular Hbond substituents is 1. The smallest absolute Gasteiger partial charge is 0.116 e. The minimum atomic E-state index is 0. The van der Waals surface area contributed by atoms with Crippen LogP contribution in [0.3, 0.4) is 0 Å². The fourth-order valence-corrected chi connectivity index (χ4v) is 4.96. The van der Waals surface area contributed by atoms with Crippen molar-refractivity contribution in [2.24, 2.45) is 11.8 Å². The monoisotopic (exact) mass is 377 g/mol. The van der Waals surface area contributed by atoms with Crippen molar-refractivity contribution < 1.29 is 5.11 Å². The Labute approximate surface area is 166 Å². The first-order valence-corrected chi connectivity index (χ1v) is 10.3. The molecule has 1 saturated carbocycles. The summed E-state index contributed by atoms with van der Waals surface area (Å²) in [4.78, 5) is 2.29. The minimum Gasteiger partial charge on any atom is -0.508 e. The number of allylic oxidation sites excluding steroid dienone is 1. The Kier molecular flexibility index (Phi) is 8.50. The van der Waals surface area contributed by atoms with Gasteiger partial charge in [0, 0.05) is 6.54 Å². The van der Waals surface area contributed by atoms with Crippen LogP contribution in [0.25, 0.3) is 5.57 Å². The van der Waals surface area contributed by atoms with E-state index in [4.69, 9.17) is 0 Å². The van der Waals surface area contributed by atoms with Crippen LogP contribution >= 0.6 is 12.4 Å². The number of likely N-dealkylation sites (N-methyl/N-ethyl adjacent to an activating group) is 1. The van der Waals surface area contributed by atoms with Crippen LogP contribution in [0.15, 0.2) is 29.8 Å². The van der Waals surface area contributed by atoms with Gasteiger partial charge in [0.25, 0.3) is 0 Å². The van der Waals surface area contributed by atoms with Gasteiger partial charge in [-0.25, -0.2) is 0 Å². The van der Waals surface area contributed by atoms with E-state index in [9.17, 15) is 5.11 Å². The predicted octanol–water partition coefficient (Wildman–Crippen LogP) is 6.29. The number of aromatic hydroxyl groups is 1. The molecule has 2 aliphatic carbocycles. The van der Waals surface area contributed by atoms with E-state index in [1.165, 1.54) is 75.3 Å². The summed E-state index contributed by atoms with van der Waals surface area (Å²) in [5.74, 6) is 2.17. The lowest BCUT2D eigenvalue weighted by atomic mass is 9.79. The van der Waals surface area contributed by atoms with Crippen LogP contribution < -0.4 is 0 Å². The predicted molar refractivity (Wildman–Crippen MR) is 114 cm³/mol. The Bertz CT molecular complexity index is 590. The molecule has 1 unspecified atom stereocenters. The number of hydrogen-bond acceptors (Lipinski definition) is 2. The zero-order valence-electron chi connectivity index (χ0n) is 16.5. The van der Waals surface area contributed by atoms with Gasteiger partial charge in [-0.1, -0.05) is 49.8 Å². The average Bonchev–Trinajstić information content (AvgIpc) is 2.78. The quantitative estimate of drug-likeness (QED) is 0.651. The summed E-state index contributed by atoms with van der Waals surface area (Å²) in [6, 6.07) is 7.93.